The summed E-state index contributed by atoms with van der Waals surface area (Å²) in [5, 5.41) is 6.17. The van der Waals surface area contributed by atoms with E-state index in [1.54, 1.807) is 42.7 Å². The molecular weight excluding hydrogens is 273 g/mol. The summed E-state index contributed by atoms with van der Waals surface area (Å²) in [5.41, 5.74) is 1.12. The third-order valence-electron chi connectivity index (χ3n) is 2.04. The van der Waals surface area contributed by atoms with Crippen molar-refractivity contribution < 1.29 is 4.79 Å². The molecular formula is C12H9Cl2N3O. The van der Waals surface area contributed by atoms with Gasteiger partial charge in [-0.2, -0.15) is 0 Å². The lowest BCUT2D eigenvalue weighted by Gasteiger charge is -2.07. The minimum atomic E-state index is -0.388. The molecule has 0 saturated heterocycles. The number of urea groups is 1. The second-order valence-corrected chi connectivity index (χ2v) is 4.35. The molecule has 2 amide bonds. The quantitative estimate of drug-likeness (QED) is 0.873. The molecule has 0 aliphatic heterocycles. The molecule has 4 nitrogen and oxygen atoms in total. The van der Waals surface area contributed by atoms with E-state index in [9.17, 15) is 4.79 Å². The second-order valence-electron chi connectivity index (χ2n) is 3.48. The largest absolute Gasteiger partial charge is 0.323 e. The third kappa shape index (κ3) is 3.61. The van der Waals surface area contributed by atoms with E-state index in [1.807, 2.05) is 0 Å². The van der Waals surface area contributed by atoms with Gasteiger partial charge in [-0.3, -0.25) is 4.98 Å². The second kappa shape index (κ2) is 5.71. The van der Waals surface area contributed by atoms with E-state index in [2.05, 4.69) is 15.6 Å². The van der Waals surface area contributed by atoms with Crippen LogP contribution in [0.2, 0.25) is 10.0 Å². The minimum Gasteiger partial charge on any atom is -0.308 e. The fraction of sp³-hybridized carbons (Fsp3) is 0. The molecule has 2 aromatic rings. The van der Waals surface area contributed by atoms with Gasteiger partial charge < -0.3 is 10.6 Å². The Morgan fingerprint density at radius 2 is 1.72 bits per heavy atom. The van der Waals surface area contributed by atoms with Crippen molar-refractivity contribution in [3.63, 3.8) is 0 Å². The first kappa shape index (κ1) is 12.7. The predicted octanol–water partition coefficient (Wildman–Crippen LogP) is 4.03. The van der Waals surface area contributed by atoms with Crippen LogP contribution in [0.25, 0.3) is 0 Å². The minimum absolute atomic E-state index is 0.388. The zero-order valence-electron chi connectivity index (χ0n) is 9.15. The van der Waals surface area contributed by atoms with E-state index in [4.69, 9.17) is 23.2 Å². The molecule has 0 spiro atoms. The van der Waals surface area contributed by atoms with Crippen molar-refractivity contribution in [3.8, 4) is 0 Å². The van der Waals surface area contributed by atoms with Gasteiger partial charge >= 0.3 is 6.03 Å². The van der Waals surface area contributed by atoms with Gasteiger partial charge in [0.15, 0.2) is 0 Å². The number of rotatable bonds is 2. The van der Waals surface area contributed by atoms with Crippen LogP contribution >= 0.6 is 23.2 Å². The first-order chi connectivity index (χ1) is 8.63. The molecule has 6 heteroatoms. The SMILES string of the molecule is O=C(Nc1cccnc1)Nc1cc(Cl)cc(Cl)c1. The average molecular weight is 282 g/mol. The molecule has 0 aliphatic carbocycles. The molecule has 1 aromatic heterocycles. The van der Waals surface area contributed by atoms with Gasteiger partial charge in [-0.05, 0) is 30.3 Å². The van der Waals surface area contributed by atoms with E-state index in [0.29, 0.717) is 21.4 Å². The van der Waals surface area contributed by atoms with Crippen molar-refractivity contribution in [2.75, 3.05) is 10.6 Å². The molecule has 0 bridgehead atoms. The Morgan fingerprint density at radius 1 is 1.06 bits per heavy atom. The van der Waals surface area contributed by atoms with Gasteiger partial charge in [0, 0.05) is 21.9 Å². The topological polar surface area (TPSA) is 54.0 Å². The molecule has 18 heavy (non-hydrogen) atoms. The van der Waals surface area contributed by atoms with E-state index in [1.165, 1.54) is 0 Å². The van der Waals surface area contributed by atoms with Crippen LogP contribution in [0.5, 0.6) is 0 Å². The summed E-state index contributed by atoms with van der Waals surface area (Å²) in [6, 6.07) is 7.88. The van der Waals surface area contributed by atoms with Crippen LogP contribution in [-0.2, 0) is 0 Å². The monoisotopic (exact) mass is 281 g/mol. The van der Waals surface area contributed by atoms with Crippen LogP contribution in [0.4, 0.5) is 16.2 Å². The fourth-order valence-electron chi connectivity index (χ4n) is 1.36. The summed E-state index contributed by atoms with van der Waals surface area (Å²) in [4.78, 5) is 15.6. The number of benzene rings is 1. The molecule has 1 aromatic carbocycles. The summed E-state index contributed by atoms with van der Waals surface area (Å²) in [5.74, 6) is 0. The lowest BCUT2D eigenvalue weighted by atomic mass is 10.3. The number of anilines is 2. The number of nitrogens with one attached hydrogen (secondary N) is 2. The number of carbonyl (C=O) groups excluding carboxylic acids is 1. The zero-order valence-corrected chi connectivity index (χ0v) is 10.7. The molecule has 92 valence electrons. The number of halogens is 2. The standard InChI is InChI=1S/C12H9Cl2N3O/c13-8-4-9(14)6-11(5-8)17-12(18)16-10-2-1-3-15-7-10/h1-7H,(H2,16,17,18). The lowest BCUT2D eigenvalue weighted by molar-refractivity contribution is 0.262. The van der Waals surface area contributed by atoms with Gasteiger partial charge in [-0.1, -0.05) is 23.2 Å². The molecule has 2 rings (SSSR count). The van der Waals surface area contributed by atoms with Crippen molar-refractivity contribution >= 4 is 40.6 Å². The summed E-state index contributed by atoms with van der Waals surface area (Å²) in [7, 11) is 0. The average Bonchev–Trinajstić information content (AvgIpc) is 2.28. The normalized spacial score (nSPS) is 9.89. The van der Waals surface area contributed by atoms with Crippen LogP contribution in [0.1, 0.15) is 0 Å². The number of carbonyl (C=O) groups is 1. The van der Waals surface area contributed by atoms with Gasteiger partial charge in [-0.15, -0.1) is 0 Å². The molecule has 0 radical (unpaired) electrons. The Labute approximate surface area is 114 Å². The molecule has 2 N–H and O–H groups in total. The Kier molecular flexibility index (Phi) is 4.02. The highest BCUT2D eigenvalue weighted by molar-refractivity contribution is 6.35. The molecule has 0 atom stereocenters. The van der Waals surface area contributed by atoms with E-state index < -0.39 is 0 Å². The highest BCUT2D eigenvalue weighted by Gasteiger charge is 2.04. The van der Waals surface area contributed by atoms with Gasteiger partial charge in [0.25, 0.3) is 0 Å². The smallest absolute Gasteiger partial charge is 0.308 e. The summed E-state index contributed by atoms with van der Waals surface area (Å²) < 4.78 is 0. The van der Waals surface area contributed by atoms with Gasteiger partial charge in [-0.25, -0.2) is 4.79 Å². The molecule has 0 unspecified atom stereocenters. The molecule has 0 aliphatic rings. The third-order valence-corrected chi connectivity index (χ3v) is 2.48. The highest BCUT2D eigenvalue weighted by atomic mass is 35.5. The maximum absolute atomic E-state index is 11.7. The highest BCUT2D eigenvalue weighted by Crippen LogP contribution is 2.22. The van der Waals surface area contributed by atoms with Crippen molar-refractivity contribution in [2.24, 2.45) is 0 Å². The number of hydrogen-bond donors (Lipinski definition) is 2. The maximum Gasteiger partial charge on any atom is 0.323 e. The van der Waals surface area contributed by atoms with E-state index >= 15 is 0 Å². The Bertz CT molecular complexity index is 540. The van der Waals surface area contributed by atoms with Crippen LogP contribution in [0.15, 0.2) is 42.7 Å². The molecule has 1 heterocycles. The first-order valence-electron chi connectivity index (χ1n) is 5.07. The number of aromatic nitrogens is 1. The van der Waals surface area contributed by atoms with Crippen LogP contribution in [-0.4, -0.2) is 11.0 Å². The van der Waals surface area contributed by atoms with Crippen LogP contribution in [0.3, 0.4) is 0 Å². The van der Waals surface area contributed by atoms with Gasteiger partial charge in [0.1, 0.15) is 0 Å². The molecule has 0 saturated carbocycles. The number of hydrogen-bond acceptors (Lipinski definition) is 2. The summed E-state index contributed by atoms with van der Waals surface area (Å²) in [6.45, 7) is 0. The van der Waals surface area contributed by atoms with Crippen molar-refractivity contribution in [3.05, 3.63) is 52.8 Å². The van der Waals surface area contributed by atoms with Gasteiger partial charge in [0.05, 0.1) is 11.9 Å². The number of nitrogens with zero attached hydrogens (tertiary/aromatic N) is 1. The predicted molar refractivity (Wildman–Crippen MR) is 73.3 cm³/mol. The van der Waals surface area contributed by atoms with Crippen LogP contribution < -0.4 is 10.6 Å². The van der Waals surface area contributed by atoms with Crippen molar-refractivity contribution in [2.45, 2.75) is 0 Å². The lowest BCUT2D eigenvalue weighted by Crippen LogP contribution is -2.19. The van der Waals surface area contributed by atoms with Gasteiger partial charge in [0.2, 0.25) is 0 Å². The Morgan fingerprint density at radius 3 is 2.33 bits per heavy atom. The summed E-state index contributed by atoms with van der Waals surface area (Å²) in [6.07, 6.45) is 3.17. The Hall–Kier alpha value is -1.78. The van der Waals surface area contributed by atoms with E-state index in [-0.39, 0.29) is 6.03 Å². The summed E-state index contributed by atoms with van der Waals surface area (Å²) >= 11 is 11.7. The zero-order chi connectivity index (χ0) is 13.0. The van der Waals surface area contributed by atoms with Crippen molar-refractivity contribution in [1.29, 1.82) is 0 Å². The van der Waals surface area contributed by atoms with E-state index in [0.717, 1.165) is 0 Å². The van der Waals surface area contributed by atoms with Crippen LogP contribution in [0, 0.1) is 0 Å². The Balaban J connectivity index is 2.03. The fourth-order valence-corrected chi connectivity index (χ4v) is 1.88. The number of amides is 2. The maximum atomic E-state index is 11.7. The number of pyridine rings is 1. The molecule has 0 fully saturated rings. The first-order valence-corrected chi connectivity index (χ1v) is 5.83. The van der Waals surface area contributed by atoms with Crippen molar-refractivity contribution in [1.82, 2.24) is 4.98 Å².